The minimum atomic E-state index is 0.445. The van der Waals surface area contributed by atoms with Crippen molar-refractivity contribution < 1.29 is 0 Å². The van der Waals surface area contributed by atoms with E-state index in [4.69, 9.17) is 0 Å². The van der Waals surface area contributed by atoms with Gasteiger partial charge < -0.3 is 10.2 Å². The smallest absolute Gasteiger partial charge is 0.0332 e. The van der Waals surface area contributed by atoms with E-state index in [0.717, 1.165) is 32.6 Å². The van der Waals surface area contributed by atoms with Crippen molar-refractivity contribution in [2.24, 2.45) is 0 Å². The molecular weight excluding hydrogens is 256 g/mol. The Morgan fingerprint density at radius 2 is 1.67 bits per heavy atom. The van der Waals surface area contributed by atoms with Gasteiger partial charge in [0.2, 0.25) is 0 Å². The molecule has 0 fully saturated rings. The Balaban J connectivity index is 2.15. The second-order valence-electron chi connectivity index (χ2n) is 5.53. The van der Waals surface area contributed by atoms with Gasteiger partial charge in [-0.15, -0.1) is 0 Å². The zero-order valence-electron chi connectivity index (χ0n) is 13.6. The monoisotopic (exact) mass is 284 g/mol. The summed E-state index contributed by atoms with van der Waals surface area (Å²) in [5, 5.41) is 6.29. The number of nitrogens with one attached hydrogen (secondary N) is 1. The molecule has 0 aliphatic carbocycles. The highest BCUT2D eigenvalue weighted by Crippen LogP contribution is 2.22. The van der Waals surface area contributed by atoms with Gasteiger partial charge >= 0.3 is 0 Å². The van der Waals surface area contributed by atoms with Gasteiger partial charge in [0.15, 0.2) is 0 Å². The molecule has 1 N–H and O–H groups in total. The first-order valence-electron chi connectivity index (χ1n) is 8.22. The van der Waals surface area contributed by atoms with Gasteiger partial charge in [-0.05, 0) is 55.0 Å². The predicted octanol–water partition coefficient (Wildman–Crippen LogP) is 4.22. The van der Waals surface area contributed by atoms with Crippen LogP contribution in [-0.2, 0) is 0 Å². The molecule has 1 unspecified atom stereocenters. The molecule has 2 aromatic carbocycles. The fourth-order valence-electron chi connectivity index (χ4n) is 2.91. The summed E-state index contributed by atoms with van der Waals surface area (Å²) in [5.74, 6) is 0. The Hall–Kier alpha value is -1.38. The van der Waals surface area contributed by atoms with Crippen molar-refractivity contribution in [3.05, 3.63) is 48.0 Å². The molecule has 0 aliphatic heterocycles. The zero-order chi connectivity index (χ0) is 15.1. The average molecular weight is 284 g/mol. The number of rotatable bonds is 8. The fraction of sp³-hybridized carbons (Fsp3) is 0.474. The van der Waals surface area contributed by atoms with Crippen molar-refractivity contribution in [1.82, 2.24) is 10.2 Å². The first-order chi connectivity index (χ1) is 10.3. The molecule has 0 spiro atoms. The molecule has 21 heavy (non-hydrogen) atoms. The van der Waals surface area contributed by atoms with Crippen molar-refractivity contribution in [1.29, 1.82) is 0 Å². The van der Waals surface area contributed by atoms with Crippen LogP contribution in [0.4, 0.5) is 0 Å². The Labute approximate surface area is 129 Å². The quantitative estimate of drug-likeness (QED) is 0.780. The van der Waals surface area contributed by atoms with Crippen LogP contribution in [0, 0.1) is 0 Å². The maximum atomic E-state index is 3.64. The van der Waals surface area contributed by atoms with Gasteiger partial charge in [-0.1, -0.05) is 57.2 Å². The van der Waals surface area contributed by atoms with E-state index in [0.29, 0.717) is 6.04 Å². The summed E-state index contributed by atoms with van der Waals surface area (Å²) in [4.78, 5) is 2.49. The number of hydrogen-bond acceptors (Lipinski definition) is 2. The van der Waals surface area contributed by atoms with E-state index in [2.05, 4.69) is 73.5 Å². The van der Waals surface area contributed by atoms with Crippen LogP contribution < -0.4 is 5.32 Å². The van der Waals surface area contributed by atoms with Crippen LogP contribution in [0.15, 0.2) is 42.5 Å². The van der Waals surface area contributed by atoms with Crippen molar-refractivity contribution in [3.63, 3.8) is 0 Å². The van der Waals surface area contributed by atoms with E-state index in [1.54, 1.807) is 0 Å². The highest BCUT2D eigenvalue weighted by Gasteiger charge is 2.12. The molecule has 0 aromatic heterocycles. The Morgan fingerprint density at radius 3 is 2.33 bits per heavy atom. The average Bonchev–Trinajstić information content (AvgIpc) is 2.54. The maximum absolute atomic E-state index is 3.64. The first kappa shape index (κ1) is 16.0. The lowest BCUT2D eigenvalue weighted by Gasteiger charge is -2.24. The summed E-state index contributed by atoms with van der Waals surface area (Å²) in [6, 6.07) is 15.9. The minimum Gasteiger partial charge on any atom is -0.310 e. The summed E-state index contributed by atoms with van der Waals surface area (Å²) in [6.07, 6.45) is 1.16. The van der Waals surface area contributed by atoms with Crippen LogP contribution in [-0.4, -0.2) is 31.1 Å². The van der Waals surface area contributed by atoms with Crippen LogP contribution in [0.2, 0.25) is 0 Å². The van der Waals surface area contributed by atoms with Crippen molar-refractivity contribution in [2.75, 3.05) is 26.2 Å². The third-order valence-corrected chi connectivity index (χ3v) is 4.25. The van der Waals surface area contributed by atoms with E-state index in [-0.39, 0.29) is 0 Å². The van der Waals surface area contributed by atoms with Gasteiger partial charge in [0.25, 0.3) is 0 Å². The van der Waals surface area contributed by atoms with Crippen molar-refractivity contribution in [3.8, 4) is 0 Å². The Bertz CT molecular complexity index is 546. The largest absolute Gasteiger partial charge is 0.310 e. The molecule has 0 saturated heterocycles. The molecule has 2 aromatic rings. The SMILES string of the molecule is CCNC(CCN(CC)CC)c1ccc2ccccc2c1. The molecule has 114 valence electrons. The first-order valence-corrected chi connectivity index (χ1v) is 8.22. The van der Waals surface area contributed by atoms with Crippen LogP contribution in [0.3, 0.4) is 0 Å². The standard InChI is InChI=1S/C19H28N2/c1-4-20-19(13-14-21(5-2)6-3)18-12-11-16-9-7-8-10-17(16)15-18/h7-12,15,19-20H,4-6,13-14H2,1-3H3. The number of fused-ring (bicyclic) bond motifs is 1. The van der Waals surface area contributed by atoms with E-state index >= 15 is 0 Å². The normalized spacial score (nSPS) is 13.0. The summed E-state index contributed by atoms with van der Waals surface area (Å²) in [7, 11) is 0. The lowest BCUT2D eigenvalue weighted by Crippen LogP contribution is -2.29. The van der Waals surface area contributed by atoms with Crippen LogP contribution >= 0.6 is 0 Å². The van der Waals surface area contributed by atoms with Gasteiger partial charge in [-0.25, -0.2) is 0 Å². The zero-order valence-corrected chi connectivity index (χ0v) is 13.6. The molecule has 2 heteroatoms. The minimum absolute atomic E-state index is 0.445. The lowest BCUT2D eigenvalue weighted by molar-refractivity contribution is 0.282. The topological polar surface area (TPSA) is 15.3 Å². The van der Waals surface area contributed by atoms with Gasteiger partial charge in [-0.2, -0.15) is 0 Å². The number of benzene rings is 2. The third kappa shape index (κ3) is 4.29. The summed E-state index contributed by atoms with van der Waals surface area (Å²) in [5.41, 5.74) is 1.41. The Kier molecular flexibility index (Phi) is 6.21. The maximum Gasteiger partial charge on any atom is 0.0332 e. The molecule has 0 aliphatic rings. The van der Waals surface area contributed by atoms with Gasteiger partial charge in [0.05, 0.1) is 0 Å². The lowest BCUT2D eigenvalue weighted by atomic mass is 9.99. The second kappa shape index (κ2) is 8.16. The van der Waals surface area contributed by atoms with Gasteiger partial charge in [-0.3, -0.25) is 0 Å². The number of nitrogens with zero attached hydrogens (tertiary/aromatic N) is 1. The highest BCUT2D eigenvalue weighted by molar-refractivity contribution is 5.83. The molecule has 2 rings (SSSR count). The van der Waals surface area contributed by atoms with Gasteiger partial charge in [0, 0.05) is 6.04 Å². The second-order valence-corrected chi connectivity index (χ2v) is 5.53. The molecular formula is C19H28N2. The highest BCUT2D eigenvalue weighted by atomic mass is 15.1. The molecule has 2 nitrogen and oxygen atoms in total. The Morgan fingerprint density at radius 1 is 0.952 bits per heavy atom. The van der Waals surface area contributed by atoms with Crippen LogP contribution in [0.1, 0.15) is 38.8 Å². The van der Waals surface area contributed by atoms with E-state index < -0.39 is 0 Å². The molecule has 0 amide bonds. The number of hydrogen-bond donors (Lipinski definition) is 1. The van der Waals surface area contributed by atoms with Gasteiger partial charge in [0.1, 0.15) is 0 Å². The van der Waals surface area contributed by atoms with E-state index in [9.17, 15) is 0 Å². The molecule has 0 heterocycles. The van der Waals surface area contributed by atoms with Crippen molar-refractivity contribution in [2.45, 2.75) is 33.2 Å². The third-order valence-electron chi connectivity index (χ3n) is 4.25. The van der Waals surface area contributed by atoms with E-state index in [1.165, 1.54) is 16.3 Å². The van der Waals surface area contributed by atoms with E-state index in [1.807, 2.05) is 0 Å². The van der Waals surface area contributed by atoms with Crippen molar-refractivity contribution >= 4 is 10.8 Å². The summed E-state index contributed by atoms with van der Waals surface area (Å²) >= 11 is 0. The summed E-state index contributed by atoms with van der Waals surface area (Å²) < 4.78 is 0. The summed E-state index contributed by atoms with van der Waals surface area (Å²) in [6.45, 7) is 11.1. The molecule has 1 atom stereocenters. The fourth-order valence-corrected chi connectivity index (χ4v) is 2.91. The van der Waals surface area contributed by atoms with Crippen LogP contribution in [0.5, 0.6) is 0 Å². The molecule has 0 radical (unpaired) electrons. The molecule has 0 saturated carbocycles. The van der Waals surface area contributed by atoms with Crippen LogP contribution in [0.25, 0.3) is 10.8 Å². The molecule has 0 bridgehead atoms. The predicted molar refractivity (Wildman–Crippen MR) is 92.8 cm³/mol.